The van der Waals surface area contributed by atoms with E-state index < -0.39 is 0 Å². The van der Waals surface area contributed by atoms with Crippen LogP contribution in [0.15, 0.2) is 52.4 Å². The van der Waals surface area contributed by atoms with Gasteiger partial charge in [0.25, 0.3) is 0 Å². The number of aryl methyl sites for hydroxylation is 4. The summed E-state index contributed by atoms with van der Waals surface area (Å²) >= 11 is 1.90. The summed E-state index contributed by atoms with van der Waals surface area (Å²) in [6, 6.07) is 15.8. The molecule has 2 aromatic carbocycles. The fourth-order valence-electron chi connectivity index (χ4n) is 4.04. The summed E-state index contributed by atoms with van der Waals surface area (Å²) in [5.41, 5.74) is 7.92. The lowest BCUT2D eigenvalue weighted by atomic mass is 10.1. The summed E-state index contributed by atoms with van der Waals surface area (Å²) in [7, 11) is 0. The molecule has 2 heterocycles. The van der Waals surface area contributed by atoms with Gasteiger partial charge in [-0.2, -0.15) is 4.57 Å². The van der Waals surface area contributed by atoms with Crippen molar-refractivity contribution in [1.29, 1.82) is 0 Å². The standard InChI is InChI=1S/C24H27N2S.HI/c1-6-25-20(10-9-19-13-16(3)8-11-21(19)25)15-23-26(7-2)22-14-17(4)12-18(5)24(22)27-23;/h8-15H,6-7H2,1-5H3;1H/q+1;/p-1. The number of fused-ring (bicyclic) bond motifs is 2. The van der Waals surface area contributed by atoms with Crippen LogP contribution in [0.4, 0.5) is 5.69 Å². The highest BCUT2D eigenvalue weighted by Crippen LogP contribution is 2.48. The molecule has 0 unspecified atom stereocenters. The lowest BCUT2D eigenvalue weighted by molar-refractivity contribution is -0.669. The van der Waals surface area contributed by atoms with E-state index in [1.165, 1.54) is 48.9 Å². The molecule has 0 fully saturated rings. The molecule has 0 atom stereocenters. The number of pyridine rings is 1. The molecule has 0 aliphatic carbocycles. The maximum atomic E-state index is 2.44. The zero-order chi connectivity index (χ0) is 19.1. The summed E-state index contributed by atoms with van der Waals surface area (Å²) in [4.78, 5) is 3.84. The van der Waals surface area contributed by atoms with E-state index >= 15 is 0 Å². The molecule has 0 spiro atoms. The van der Waals surface area contributed by atoms with Gasteiger partial charge in [0.1, 0.15) is 6.54 Å². The van der Waals surface area contributed by atoms with E-state index in [1.54, 1.807) is 0 Å². The number of benzene rings is 2. The minimum absolute atomic E-state index is 0. The van der Waals surface area contributed by atoms with Crippen LogP contribution >= 0.6 is 11.8 Å². The lowest BCUT2D eigenvalue weighted by Crippen LogP contribution is -3.00. The normalized spacial score (nSPS) is 14.5. The van der Waals surface area contributed by atoms with Crippen molar-refractivity contribution in [3.8, 4) is 0 Å². The molecule has 1 aliphatic heterocycles. The van der Waals surface area contributed by atoms with Crippen LogP contribution in [0.25, 0.3) is 17.0 Å². The first-order valence-corrected chi connectivity index (χ1v) is 10.5. The van der Waals surface area contributed by atoms with Crippen LogP contribution in [-0.2, 0) is 6.54 Å². The van der Waals surface area contributed by atoms with Crippen LogP contribution in [0, 0.1) is 20.8 Å². The molecule has 0 saturated carbocycles. The molecular weight excluding hydrogens is 475 g/mol. The quantitative estimate of drug-likeness (QED) is 0.402. The molecule has 3 aromatic rings. The second kappa shape index (κ2) is 8.46. The highest BCUT2D eigenvalue weighted by Gasteiger charge is 2.27. The number of aromatic nitrogens is 1. The molecular formula is C24H27IN2S. The molecule has 0 bridgehead atoms. The van der Waals surface area contributed by atoms with Crippen molar-refractivity contribution in [2.45, 2.75) is 46.1 Å². The third kappa shape index (κ3) is 3.69. The number of halogens is 1. The molecule has 4 heteroatoms. The molecule has 2 nitrogen and oxygen atoms in total. The zero-order valence-corrected chi connectivity index (χ0v) is 20.2. The minimum Gasteiger partial charge on any atom is -1.00 e. The van der Waals surface area contributed by atoms with E-state index in [9.17, 15) is 0 Å². The Morgan fingerprint density at radius 2 is 1.75 bits per heavy atom. The largest absolute Gasteiger partial charge is 1.00 e. The molecule has 0 N–H and O–H groups in total. The predicted molar refractivity (Wildman–Crippen MR) is 117 cm³/mol. The summed E-state index contributed by atoms with van der Waals surface area (Å²) in [6.45, 7) is 13.0. The Labute approximate surface area is 189 Å². The van der Waals surface area contributed by atoms with Crippen LogP contribution in [-0.4, -0.2) is 6.54 Å². The van der Waals surface area contributed by atoms with Crippen LogP contribution in [0.2, 0.25) is 0 Å². The molecule has 1 aliphatic rings. The highest BCUT2D eigenvalue weighted by atomic mass is 127. The van der Waals surface area contributed by atoms with Gasteiger partial charge in [-0.15, -0.1) is 0 Å². The van der Waals surface area contributed by atoms with Crippen molar-refractivity contribution < 1.29 is 28.5 Å². The van der Waals surface area contributed by atoms with Crippen molar-refractivity contribution in [2.75, 3.05) is 11.4 Å². The van der Waals surface area contributed by atoms with Gasteiger partial charge in [-0.3, -0.25) is 0 Å². The Morgan fingerprint density at radius 3 is 2.46 bits per heavy atom. The highest BCUT2D eigenvalue weighted by molar-refractivity contribution is 8.04. The third-order valence-electron chi connectivity index (χ3n) is 5.29. The monoisotopic (exact) mass is 502 g/mol. The van der Waals surface area contributed by atoms with E-state index in [0.717, 1.165) is 13.1 Å². The lowest BCUT2D eigenvalue weighted by Gasteiger charge is -2.18. The summed E-state index contributed by atoms with van der Waals surface area (Å²) in [5.74, 6) is 0. The molecule has 4 rings (SSSR count). The summed E-state index contributed by atoms with van der Waals surface area (Å²) in [6.07, 6.45) is 2.35. The minimum atomic E-state index is 0. The Kier molecular flexibility index (Phi) is 6.40. The maximum Gasteiger partial charge on any atom is 0.212 e. The topological polar surface area (TPSA) is 7.12 Å². The Bertz CT molecular complexity index is 1070. The second-order valence-electron chi connectivity index (χ2n) is 7.32. The zero-order valence-electron chi connectivity index (χ0n) is 17.2. The third-order valence-corrected chi connectivity index (χ3v) is 6.57. The Balaban J connectivity index is 0.00000225. The smallest absolute Gasteiger partial charge is 0.212 e. The van der Waals surface area contributed by atoms with E-state index in [-0.39, 0.29) is 24.0 Å². The molecule has 0 radical (unpaired) electrons. The summed E-state index contributed by atoms with van der Waals surface area (Å²) in [5, 5.41) is 2.62. The van der Waals surface area contributed by atoms with Crippen molar-refractivity contribution >= 4 is 34.4 Å². The number of nitrogens with zero attached hydrogens (tertiary/aromatic N) is 2. The second-order valence-corrected chi connectivity index (χ2v) is 8.35. The number of anilines is 1. The van der Waals surface area contributed by atoms with Gasteiger partial charge in [0, 0.05) is 35.0 Å². The maximum absolute atomic E-state index is 2.44. The summed E-state index contributed by atoms with van der Waals surface area (Å²) < 4.78 is 2.41. The first kappa shape index (κ1) is 21.2. The van der Waals surface area contributed by atoms with Gasteiger partial charge in [0.2, 0.25) is 11.2 Å². The average molecular weight is 502 g/mol. The Hall–Kier alpha value is -1.53. The van der Waals surface area contributed by atoms with Crippen molar-refractivity contribution in [1.82, 2.24) is 0 Å². The van der Waals surface area contributed by atoms with E-state index in [1.807, 2.05) is 11.8 Å². The molecule has 1 aromatic heterocycles. The first-order valence-electron chi connectivity index (χ1n) is 9.73. The van der Waals surface area contributed by atoms with Gasteiger partial charge >= 0.3 is 0 Å². The van der Waals surface area contributed by atoms with Crippen molar-refractivity contribution in [3.63, 3.8) is 0 Å². The number of rotatable bonds is 3. The van der Waals surface area contributed by atoms with Crippen LogP contribution in [0.3, 0.4) is 0 Å². The Morgan fingerprint density at radius 1 is 0.964 bits per heavy atom. The van der Waals surface area contributed by atoms with E-state index in [2.05, 4.69) is 92.6 Å². The fourth-order valence-corrected chi connectivity index (χ4v) is 5.26. The first-order chi connectivity index (χ1) is 13.0. The van der Waals surface area contributed by atoms with Gasteiger partial charge in [-0.25, -0.2) is 0 Å². The molecule has 0 amide bonds. The van der Waals surface area contributed by atoms with Gasteiger partial charge in [0.05, 0.1) is 10.7 Å². The molecule has 0 saturated heterocycles. The number of hydrogen-bond acceptors (Lipinski definition) is 2. The van der Waals surface area contributed by atoms with E-state index in [0.29, 0.717) is 0 Å². The van der Waals surface area contributed by atoms with Gasteiger partial charge < -0.3 is 28.9 Å². The van der Waals surface area contributed by atoms with Crippen LogP contribution in [0.1, 0.15) is 36.2 Å². The van der Waals surface area contributed by atoms with Gasteiger partial charge in [-0.05, 0) is 63.9 Å². The van der Waals surface area contributed by atoms with Gasteiger partial charge in [-0.1, -0.05) is 29.5 Å². The average Bonchev–Trinajstić information content (AvgIpc) is 2.99. The number of thioether (sulfide) groups is 1. The fraction of sp³-hybridized carbons (Fsp3) is 0.292. The van der Waals surface area contributed by atoms with E-state index in [4.69, 9.17) is 0 Å². The van der Waals surface area contributed by atoms with Crippen LogP contribution in [0.5, 0.6) is 0 Å². The van der Waals surface area contributed by atoms with Crippen molar-refractivity contribution in [2.24, 2.45) is 0 Å². The number of hydrogen-bond donors (Lipinski definition) is 0. The predicted octanol–water partition coefficient (Wildman–Crippen LogP) is 3.01. The molecule has 28 heavy (non-hydrogen) atoms. The van der Waals surface area contributed by atoms with Crippen LogP contribution < -0.4 is 33.4 Å². The van der Waals surface area contributed by atoms with Crippen molar-refractivity contribution in [3.05, 3.63) is 69.9 Å². The molecule has 146 valence electrons. The van der Waals surface area contributed by atoms with Gasteiger partial charge in [0.15, 0.2) is 0 Å². The SMILES string of the molecule is CCN1/C(=C/c2ccc3cc(C)ccc3[n+]2CC)Sc2c(C)cc(C)cc21.[I-].